The van der Waals surface area contributed by atoms with Crippen molar-refractivity contribution < 1.29 is 9.90 Å². The van der Waals surface area contributed by atoms with E-state index in [1.807, 2.05) is 13.0 Å². The second kappa shape index (κ2) is 4.72. The Hall–Kier alpha value is -1.42. The van der Waals surface area contributed by atoms with E-state index in [1.54, 1.807) is 12.4 Å². The van der Waals surface area contributed by atoms with Crippen LogP contribution in [0.5, 0.6) is 0 Å². The van der Waals surface area contributed by atoms with Gasteiger partial charge in [0.05, 0.1) is 0 Å². The lowest BCUT2D eigenvalue weighted by molar-refractivity contribution is -0.138. The van der Waals surface area contributed by atoms with Gasteiger partial charge in [-0.2, -0.15) is 0 Å². The van der Waals surface area contributed by atoms with Gasteiger partial charge in [-0.25, -0.2) is 0 Å². The molecule has 0 saturated carbocycles. The van der Waals surface area contributed by atoms with Crippen LogP contribution in [0.15, 0.2) is 18.5 Å². The second-order valence-electron chi connectivity index (χ2n) is 3.15. The number of carboxylic acids is 1. The van der Waals surface area contributed by atoms with Gasteiger partial charge < -0.3 is 10.8 Å². The number of aryl methyl sites for hydroxylation is 1. The number of rotatable bonds is 4. The molecule has 0 spiro atoms. The van der Waals surface area contributed by atoms with Gasteiger partial charge >= 0.3 is 5.97 Å². The van der Waals surface area contributed by atoms with E-state index in [0.717, 1.165) is 17.5 Å². The predicted molar refractivity (Wildman–Crippen MR) is 52.9 cm³/mol. The highest BCUT2D eigenvalue weighted by molar-refractivity contribution is 5.73. The van der Waals surface area contributed by atoms with Crippen LogP contribution in [0.4, 0.5) is 0 Å². The highest BCUT2D eigenvalue weighted by Crippen LogP contribution is 2.09. The van der Waals surface area contributed by atoms with Crippen LogP contribution < -0.4 is 5.73 Å². The van der Waals surface area contributed by atoms with Crippen molar-refractivity contribution in [2.75, 3.05) is 0 Å². The molecule has 0 saturated heterocycles. The maximum Gasteiger partial charge on any atom is 0.320 e. The number of carboxylic acid groups (broad SMARTS) is 1. The third-order valence-corrected chi connectivity index (χ3v) is 2.14. The van der Waals surface area contributed by atoms with E-state index in [2.05, 4.69) is 4.98 Å². The quantitative estimate of drug-likeness (QED) is 0.735. The van der Waals surface area contributed by atoms with Gasteiger partial charge in [0.1, 0.15) is 6.04 Å². The van der Waals surface area contributed by atoms with Crippen molar-refractivity contribution >= 4 is 5.97 Å². The van der Waals surface area contributed by atoms with Gasteiger partial charge in [0.25, 0.3) is 0 Å². The maximum absolute atomic E-state index is 10.6. The fraction of sp³-hybridized carbons (Fsp3) is 0.400. The van der Waals surface area contributed by atoms with Crippen molar-refractivity contribution in [3.05, 3.63) is 29.6 Å². The highest BCUT2D eigenvalue weighted by atomic mass is 16.4. The van der Waals surface area contributed by atoms with Crippen LogP contribution in [0.25, 0.3) is 0 Å². The van der Waals surface area contributed by atoms with Crippen molar-refractivity contribution in [2.45, 2.75) is 25.8 Å². The topological polar surface area (TPSA) is 76.2 Å². The molecule has 0 aromatic carbocycles. The van der Waals surface area contributed by atoms with Crippen LogP contribution >= 0.6 is 0 Å². The van der Waals surface area contributed by atoms with Crippen molar-refractivity contribution in [3.63, 3.8) is 0 Å². The molecule has 0 unspecified atom stereocenters. The summed E-state index contributed by atoms with van der Waals surface area (Å²) in [5.74, 6) is -0.976. The molecule has 3 N–H and O–H groups in total. The summed E-state index contributed by atoms with van der Waals surface area (Å²) in [6, 6.07) is 1.05. The second-order valence-corrected chi connectivity index (χ2v) is 3.15. The first-order chi connectivity index (χ1) is 6.65. The average Bonchev–Trinajstić information content (AvgIpc) is 2.18. The monoisotopic (exact) mass is 194 g/mol. The van der Waals surface area contributed by atoms with Gasteiger partial charge in [-0.3, -0.25) is 9.78 Å². The Morgan fingerprint density at radius 2 is 2.36 bits per heavy atom. The number of hydrogen-bond donors (Lipinski definition) is 2. The standard InChI is InChI=1S/C10H14N2O2/c1-2-7-3-4-12-6-8(7)5-9(11)10(13)14/h3-4,6,9H,2,5,11H2,1H3,(H,13,14)/t9-/m0/s1. The van der Waals surface area contributed by atoms with E-state index >= 15 is 0 Å². The molecule has 0 fully saturated rings. The molecule has 0 radical (unpaired) electrons. The lowest BCUT2D eigenvalue weighted by atomic mass is 10.0. The van der Waals surface area contributed by atoms with E-state index in [9.17, 15) is 4.79 Å². The zero-order valence-electron chi connectivity index (χ0n) is 8.10. The van der Waals surface area contributed by atoms with Gasteiger partial charge in [-0.1, -0.05) is 6.92 Å². The van der Waals surface area contributed by atoms with Gasteiger partial charge in [-0.05, 0) is 23.6 Å². The van der Waals surface area contributed by atoms with Gasteiger partial charge in [0, 0.05) is 18.8 Å². The molecule has 0 bridgehead atoms. The minimum Gasteiger partial charge on any atom is -0.480 e. The lowest BCUT2D eigenvalue weighted by Crippen LogP contribution is -2.32. The molecule has 14 heavy (non-hydrogen) atoms. The minimum atomic E-state index is -0.976. The largest absolute Gasteiger partial charge is 0.480 e. The summed E-state index contributed by atoms with van der Waals surface area (Å²) >= 11 is 0. The third-order valence-electron chi connectivity index (χ3n) is 2.14. The Kier molecular flexibility index (Phi) is 3.59. The molecule has 1 atom stereocenters. The first kappa shape index (κ1) is 10.7. The fourth-order valence-electron chi connectivity index (χ4n) is 1.31. The van der Waals surface area contributed by atoms with Crippen LogP contribution in [0, 0.1) is 0 Å². The van der Waals surface area contributed by atoms with Crippen LogP contribution in [-0.4, -0.2) is 22.1 Å². The zero-order valence-corrected chi connectivity index (χ0v) is 8.10. The van der Waals surface area contributed by atoms with E-state index in [4.69, 9.17) is 10.8 Å². The van der Waals surface area contributed by atoms with Gasteiger partial charge in [-0.15, -0.1) is 0 Å². The summed E-state index contributed by atoms with van der Waals surface area (Å²) in [6.45, 7) is 2.02. The Morgan fingerprint density at radius 1 is 1.64 bits per heavy atom. The van der Waals surface area contributed by atoms with Crippen molar-refractivity contribution in [1.29, 1.82) is 0 Å². The molecule has 76 valence electrons. The molecule has 0 aliphatic heterocycles. The number of hydrogen-bond acceptors (Lipinski definition) is 3. The summed E-state index contributed by atoms with van der Waals surface area (Å²) in [7, 11) is 0. The number of pyridine rings is 1. The number of aliphatic carboxylic acids is 1. The molecule has 4 nitrogen and oxygen atoms in total. The molecule has 1 rings (SSSR count). The SMILES string of the molecule is CCc1ccncc1C[C@H](N)C(=O)O. The summed E-state index contributed by atoms with van der Waals surface area (Å²) in [4.78, 5) is 14.5. The summed E-state index contributed by atoms with van der Waals surface area (Å²) in [5.41, 5.74) is 7.47. The minimum absolute atomic E-state index is 0.340. The highest BCUT2D eigenvalue weighted by Gasteiger charge is 2.13. The maximum atomic E-state index is 10.6. The predicted octanol–water partition coefficient (Wildman–Crippen LogP) is 0.598. The summed E-state index contributed by atoms with van der Waals surface area (Å²) in [5, 5.41) is 8.66. The normalized spacial score (nSPS) is 12.4. The Morgan fingerprint density at radius 3 is 2.93 bits per heavy atom. The Balaban J connectivity index is 2.80. The van der Waals surface area contributed by atoms with E-state index in [0.29, 0.717) is 6.42 Å². The van der Waals surface area contributed by atoms with E-state index in [1.165, 1.54) is 0 Å². The molecule has 0 aliphatic rings. The lowest BCUT2D eigenvalue weighted by Gasteiger charge is -2.09. The first-order valence-electron chi connectivity index (χ1n) is 4.55. The molecule has 4 heteroatoms. The molecular weight excluding hydrogens is 180 g/mol. The van der Waals surface area contributed by atoms with Gasteiger partial charge in [0.2, 0.25) is 0 Å². The van der Waals surface area contributed by atoms with Crippen molar-refractivity contribution in [3.8, 4) is 0 Å². The first-order valence-corrected chi connectivity index (χ1v) is 4.55. The smallest absolute Gasteiger partial charge is 0.320 e. The van der Waals surface area contributed by atoms with E-state index in [-0.39, 0.29) is 0 Å². The van der Waals surface area contributed by atoms with Crippen LogP contribution in [0.2, 0.25) is 0 Å². The third kappa shape index (κ3) is 2.53. The summed E-state index contributed by atoms with van der Waals surface area (Å²) < 4.78 is 0. The molecular formula is C10H14N2O2. The number of nitrogens with two attached hydrogens (primary N) is 1. The zero-order chi connectivity index (χ0) is 10.6. The average molecular weight is 194 g/mol. The summed E-state index contributed by atoms with van der Waals surface area (Å²) in [6.07, 6.45) is 4.59. The number of nitrogens with zero attached hydrogens (tertiary/aromatic N) is 1. The van der Waals surface area contributed by atoms with Crippen molar-refractivity contribution in [1.82, 2.24) is 4.98 Å². The number of aromatic nitrogens is 1. The van der Waals surface area contributed by atoms with Crippen LogP contribution in [0.3, 0.4) is 0 Å². The fourth-order valence-corrected chi connectivity index (χ4v) is 1.31. The molecule has 0 amide bonds. The van der Waals surface area contributed by atoms with Crippen LogP contribution in [0.1, 0.15) is 18.1 Å². The molecule has 1 heterocycles. The van der Waals surface area contributed by atoms with Crippen molar-refractivity contribution in [2.24, 2.45) is 5.73 Å². The Bertz CT molecular complexity index is 326. The Labute approximate surface area is 82.8 Å². The molecule has 0 aliphatic carbocycles. The molecule has 1 aromatic rings. The van der Waals surface area contributed by atoms with Crippen LogP contribution in [-0.2, 0) is 17.6 Å². The number of carbonyl (C=O) groups is 1. The molecule has 1 aromatic heterocycles. The van der Waals surface area contributed by atoms with E-state index < -0.39 is 12.0 Å². The van der Waals surface area contributed by atoms with Gasteiger partial charge in [0.15, 0.2) is 0 Å².